The second-order valence-corrected chi connectivity index (χ2v) is 6.63. The van der Waals surface area contributed by atoms with Crippen molar-refractivity contribution in [1.82, 2.24) is 9.97 Å². The van der Waals surface area contributed by atoms with Crippen molar-refractivity contribution in [2.45, 2.75) is 0 Å². The van der Waals surface area contributed by atoms with Crippen LogP contribution in [0.1, 0.15) is 10.5 Å². The molecule has 0 aliphatic heterocycles. The molecule has 0 amide bonds. The molecular weight excluding hydrogens is 360 g/mol. The van der Waals surface area contributed by atoms with Gasteiger partial charge in [-0.2, -0.15) is 0 Å². The lowest BCUT2D eigenvalue weighted by Crippen LogP contribution is -2.00. The van der Waals surface area contributed by atoms with Gasteiger partial charge in [-0.3, -0.25) is 4.79 Å². The van der Waals surface area contributed by atoms with Crippen LogP contribution in [0.5, 0.6) is 0 Å². The number of carbonyl (C=O) groups is 1. The van der Waals surface area contributed by atoms with Gasteiger partial charge in [0.05, 0.1) is 17.3 Å². The zero-order chi connectivity index (χ0) is 19.6. The Labute approximate surface area is 167 Å². The van der Waals surface area contributed by atoms with Crippen molar-refractivity contribution in [3.63, 3.8) is 0 Å². The van der Waals surface area contributed by atoms with Crippen LogP contribution in [0.15, 0.2) is 95.7 Å². The van der Waals surface area contributed by atoms with E-state index in [-0.39, 0.29) is 0 Å². The van der Waals surface area contributed by atoms with Crippen LogP contribution in [0, 0.1) is 0 Å². The van der Waals surface area contributed by atoms with Gasteiger partial charge in [0.1, 0.15) is 12.0 Å². The average Bonchev–Trinajstić information content (AvgIpc) is 3.33. The van der Waals surface area contributed by atoms with E-state index >= 15 is 0 Å². The monoisotopic (exact) mass is 376 g/mol. The second-order valence-electron chi connectivity index (χ2n) is 6.63. The molecule has 29 heavy (non-hydrogen) atoms. The summed E-state index contributed by atoms with van der Waals surface area (Å²) in [6.45, 7) is 0. The van der Waals surface area contributed by atoms with Gasteiger partial charge < -0.3 is 4.42 Å². The maximum Gasteiger partial charge on any atom is 0.228 e. The summed E-state index contributed by atoms with van der Waals surface area (Å²) in [5.41, 5.74) is 5.65. The highest BCUT2D eigenvalue weighted by Gasteiger charge is 2.22. The number of hydrogen-bond acceptors (Lipinski definition) is 4. The molecule has 0 fully saturated rings. The van der Waals surface area contributed by atoms with E-state index in [9.17, 15) is 4.79 Å². The van der Waals surface area contributed by atoms with E-state index in [0.717, 1.165) is 39.4 Å². The number of fused-ring (bicyclic) bond motifs is 1. The Kier molecular flexibility index (Phi) is 4.22. The molecule has 5 rings (SSSR count). The van der Waals surface area contributed by atoms with Crippen LogP contribution >= 0.6 is 0 Å². The van der Waals surface area contributed by atoms with E-state index in [0.29, 0.717) is 17.1 Å². The summed E-state index contributed by atoms with van der Waals surface area (Å²) in [5.74, 6) is 0.378. The Morgan fingerprint density at radius 1 is 0.759 bits per heavy atom. The van der Waals surface area contributed by atoms with Gasteiger partial charge >= 0.3 is 0 Å². The number of nitrogens with zero attached hydrogens (tertiary/aromatic N) is 2. The van der Waals surface area contributed by atoms with Gasteiger partial charge in [-0.1, -0.05) is 72.8 Å². The summed E-state index contributed by atoms with van der Waals surface area (Å²) >= 11 is 0. The number of oxazole rings is 1. The van der Waals surface area contributed by atoms with Crippen LogP contribution in [0.25, 0.3) is 44.6 Å². The van der Waals surface area contributed by atoms with Crippen molar-refractivity contribution in [3.05, 3.63) is 97.0 Å². The van der Waals surface area contributed by atoms with E-state index in [2.05, 4.69) is 28.2 Å². The van der Waals surface area contributed by atoms with Crippen molar-refractivity contribution < 1.29 is 9.21 Å². The topological polar surface area (TPSA) is 56.0 Å². The van der Waals surface area contributed by atoms with Crippen molar-refractivity contribution >= 4 is 17.2 Å². The number of rotatable bonds is 4. The fourth-order valence-corrected chi connectivity index (χ4v) is 3.74. The van der Waals surface area contributed by atoms with E-state index in [1.165, 1.54) is 6.26 Å². The minimum atomic E-state index is 0.309. The molecule has 2 heterocycles. The minimum Gasteiger partial charge on any atom is -0.444 e. The zero-order valence-corrected chi connectivity index (χ0v) is 15.4. The van der Waals surface area contributed by atoms with Gasteiger partial charge in [0.15, 0.2) is 6.29 Å². The van der Waals surface area contributed by atoms with Crippen molar-refractivity contribution in [2.75, 3.05) is 0 Å². The van der Waals surface area contributed by atoms with Gasteiger partial charge in [-0.05, 0) is 22.8 Å². The predicted molar refractivity (Wildman–Crippen MR) is 113 cm³/mol. The first-order valence-electron chi connectivity index (χ1n) is 9.29. The molecule has 4 heteroatoms. The van der Waals surface area contributed by atoms with E-state index < -0.39 is 0 Å². The third-order valence-corrected chi connectivity index (χ3v) is 4.94. The molecule has 2 aromatic heterocycles. The smallest absolute Gasteiger partial charge is 0.228 e. The summed E-state index contributed by atoms with van der Waals surface area (Å²) in [6.07, 6.45) is 3.85. The highest BCUT2D eigenvalue weighted by Crippen LogP contribution is 2.42. The Morgan fingerprint density at radius 2 is 1.48 bits per heavy atom. The van der Waals surface area contributed by atoms with Crippen LogP contribution in [-0.2, 0) is 0 Å². The van der Waals surface area contributed by atoms with Crippen LogP contribution < -0.4 is 0 Å². The number of benzene rings is 3. The summed E-state index contributed by atoms with van der Waals surface area (Å²) in [7, 11) is 0. The number of aromatic nitrogens is 2. The third-order valence-electron chi connectivity index (χ3n) is 4.94. The molecule has 0 N–H and O–H groups in total. The second kappa shape index (κ2) is 7.17. The lowest BCUT2D eigenvalue weighted by molar-refractivity contribution is 0.112. The fraction of sp³-hybridized carbons (Fsp3) is 0. The van der Waals surface area contributed by atoms with Crippen molar-refractivity contribution in [3.8, 4) is 33.7 Å². The number of hydrogen-bond donors (Lipinski definition) is 0. The van der Waals surface area contributed by atoms with Crippen LogP contribution in [-0.4, -0.2) is 16.3 Å². The van der Waals surface area contributed by atoms with Crippen molar-refractivity contribution in [2.24, 2.45) is 0 Å². The number of pyridine rings is 1. The van der Waals surface area contributed by atoms with Crippen molar-refractivity contribution in [1.29, 1.82) is 0 Å². The van der Waals surface area contributed by atoms with E-state index in [1.807, 2.05) is 60.7 Å². The normalized spacial score (nSPS) is 10.9. The molecule has 0 spiro atoms. The summed E-state index contributed by atoms with van der Waals surface area (Å²) in [4.78, 5) is 21.0. The Bertz CT molecular complexity index is 1300. The molecule has 0 atom stereocenters. The fourth-order valence-electron chi connectivity index (χ4n) is 3.74. The molecule has 0 saturated carbocycles. The molecule has 0 aliphatic rings. The quantitative estimate of drug-likeness (QED) is 0.359. The third kappa shape index (κ3) is 2.91. The Balaban J connectivity index is 2.00. The molecule has 4 nitrogen and oxygen atoms in total. The van der Waals surface area contributed by atoms with Crippen LogP contribution in [0.4, 0.5) is 0 Å². The van der Waals surface area contributed by atoms with Gasteiger partial charge in [0.2, 0.25) is 5.89 Å². The lowest BCUT2D eigenvalue weighted by atomic mass is 9.89. The standard InChI is InChI=1S/C25H16N2O2/c28-16-21-24(25-26-14-15-29-25)22(18-10-5-2-6-11-18)23-19(12-7-13-20(23)27-21)17-8-3-1-4-9-17/h1-16H. The largest absolute Gasteiger partial charge is 0.444 e. The first-order valence-corrected chi connectivity index (χ1v) is 9.29. The maximum atomic E-state index is 12.0. The van der Waals surface area contributed by atoms with Crippen LogP contribution in [0.2, 0.25) is 0 Å². The predicted octanol–water partition coefficient (Wildman–Crippen LogP) is 6.04. The molecule has 5 aromatic rings. The first kappa shape index (κ1) is 17.1. The molecule has 0 unspecified atom stereocenters. The molecular formula is C25H16N2O2. The Hall–Kier alpha value is -4.05. The molecule has 0 bridgehead atoms. The van der Waals surface area contributed by atoms with Gasteiger partial charge in [-0.15, -0.1) is 0 Å². The van der Waals surface area contributed by atoms with Gasteiger partial charge in [0.25, 0.3) is 0 Å². The minimum absolute atomic E-state index is 0.309. The zero-order valence-electron chi connectivity index (χ0n) is 15.4. The number of carbonyl (C=O) groups excluding carboxylic acids is 1. The highest BCUT2D eigenvalue weighted by molar-refractivity contribution is 6.11. The van der Waals surface area contributed by atoms with Gasteiger partial charge in [0, 0.05) is 10.9 Å². The van der Waals surface area contributed by atoms with E-state index in [1.54, 1.807) is 6.20 Å². The summed E-state index contributed by atoms with van der Waals surface area (Å²) in [5, 5.41) is 0.962. The molecule has 0 saturated heterocycles. The summed E-state index contributed by atoms with van der Waals surface area (Å²) in [6, 6.07) is 26.1. The molecule has 0 aliphatic carbocycles. The molecule has 138 valence electrons. The first-order chi connectivity index (χ1) is 14.4. The Morgan fingerprint density at radius 3 is 2.14 bits per heavy atom. The maximum absolute atomic E-state index is 12.0. The summed E-state index contributed by atoms with van der Waals surface area (Å²) < 4.78 is 5.61. The van der Waals surface area contributed by atoms with Gasteiger partial charge in [-0.25, -0.2) is 9.97 Å². The molecule has 0 radical (unpaired) electrons. The highest BCUT2D eigenvalue weighted by atomic mass is 16.3. The lowest BCUT2D eigenvalue weighted by Gasteiger charge is -2.16. The average molecular weight is 376 g/mol. The van der Waals surface area contributed by atoms with E-state index in [4.69, 9.17) is 4.42 Å². The SMILES string of the molecule is O=Cc1nc2cccc(-c3ccccc3)c2c(-c2ccccc2)c1-c1ncco1. The van der Waals surface area contributed by atoms with Crippen LogP contribution in [0.3, 0.4) is 0 Å². The molecule has 3 aromatic carbocycles. The number of aldehydes is 1.